The Kier molecular flexibility index (Phi) is 3.46. The zero-order valence-electron chi connectivity index (χ0n) is 11.0. The van der Waals surface area contributed by atoms with Crippen molar-refractivity contribution >= 4 is 28.3 Å². The molecule has 21 heavy (non-hydrogen) atoms. The van der Waals surface area contributed by atoms with E-state index in [2.05, 4.69) is 4.98 Å². The monoisotopic (exact) mass is 297 g/mol. The van der Waals surface area contributed by atoms with Crippen LogP contribution in [0.1, 0.15) is 5.56 Å². The number of aromatic nitrogens is 1. The number of rotatable bonds is 3. The lowest BCUT2D eigenvalue weighted by atomic mass is 10.1. The van der Waals surface area contributed by atoms with Gasteiger partial charge in [0.15, 0.2) is 0 Å². The maximum absolute atomic E-state index is 7.62. The molecule has 0 bridgehead atoms. The van der Waals surface area contributed by atoms with E-state index in [0.29, 0.717) is 22.1 Å². The Labute approximate surface area is 126 Å². The predicted octanol–water partition coefficient (Wildman–Crippen LogP) is 3.96. The minimum absolute atomic E-state index is 0.0694. The van der Waals surface area contributed by atoms with Gasteiger partial charge in [-0.25, -0.2) is 0 Å². The number of nitrogens with one attached hydrogen (secondary N) is 1. The van der Waals surface area contributed by atoms with Crippen molar-refractivity contribution in [3.63, 3.8) is 0 Å². The Morgan fingerprint density at radius 2 is 1.95 bits per heavy atom. The zero-order valence-corrected chi connectivity index (χ0v) is 11.8. The van der Waals surface area contributed by atoms with E-state index in [-0.39, 0.29) is 5.84 Å². The van der Waals surface area contributed by atoms with Crippen molar-refractivity contribution in [1.82, 2.24) is 4.98 Å². The van der Waals surface area contributed by atoms with Crippen molar-refractivity contribution in [2.45, 2.75) is 0 Å². The Bertz CT molecular complexity index is 827. The molecule has 1 heterocycles. The fourth-order valence-electron chi connectivity index (χ4n) is 2.09. The average molecular weight is 298 g/mol. The molecule has 3 aromatic rings. The summed E-state index contributed by atoms with van der Waals surface area (Å²) in [7, 11) is 0. The summed E-state index contributed by atoms with van der Waals surface area (Å²) in [4.78, 5) is 4.29. The van der Waals surface area contributed by atoms with E-state index in [1.54, 1.807) is 24.4 Å². The number of pyridine rings is 1. The highest BCUT2D eigenvalue weighted by Crippen LogP contribution is 2.32. The number of benzene rings is 2. The molecule has 0 aliphatic carbocycles. The summed E-state index contributed by atoms with van der Waals surface area (Å²) in [6.07, 6.45) is 1.73. The van der Waals surface area contributed by atoms with Crippen LogP contribution in [-0.4, -0.2) is 10.8 Å². The van der Waals surface area contributed by atoms with E-state index in [1.807, 2.05) is 30.3 Å². The minimum Gasteiger partial charge on any atom is -0.456 e. The summed E-state index contributed by atoms with van der Waals surface area (Å²) in [5.74, 6) is 1.02. The number of amidine groups is 1. The third-order valence-corrected chi connectivity index (χ3v) is 3.29. The second-order valence-corrected chi connectivity index (χ2v) is 4.92. The summed E-state index contributed by atoms with van der Waals surface area (Å²) in [6.45, 7) is 0. The molecule has 0 saturated heterocycles. The van der Waals surface area contributed by atoms with Crippen molar-refractivity contribution in [1.29, 1.82) is 5.41 Å². The highest BCUT2D eigenvalue weighted by molar-refractivity contribution is 6.30. The smallest absolute Gasteiger partial charge is 0.139 e. The van der Waals surface area contributed by atoms with E-state index in [1.165, 1.54) is 0 Å². The molecule has 0 unspecified atom stereocenters. The fourth-order valence-corrected chi connectivity index (χ4v) is 2.25. The molecule has 1 aromatic heterocycles. The number of nitrogen functional groups attached to an aromatic ring is 1. The lowest BCUT2D eigenvalue weighted by molar-refractivity contribution is 0.487. The van der Waals surface area contributed by atoms with Gasteiger partial charge in [-0.1, -0.05) is 17.7 Å². The molecule has 0 spiro atoms. The summed E-state index contributed by atoms with van der Waals surface area (Å²) >= 11 is 6.00. The molecule has 0 fully saturated rings. The maximum atomic E-state index is 7.62. The lowest BCUT2D eigenvalue weighted by Gasteiger charge is -2.12. The average Bonchev–Trinajstić information content (AvgIpc) is 2.47. The molecule has 0 aliphatic heterocycles. The van der Waals surface area contributed by atoms with Gasteiger partial charge in [-0.2, -0.15) is 0 Å². The Morgan fingerprint density at radius 1 is 1.10 bits per heavy atom. The number of halogens is 1. The van der Waals surface area contributed by atoms with Crippen molar-refractivity contribution in [2.75, 3.05) is 0 Å². The van der Waals surface area contributed by atoms with Gasteiger partial charge in [-0.3, -0.25) is 10.4 Å². The molecular formula is C16H12ClN3O. The normalized spacial score (nSPS) is 10.5. The molecule has 104 valence electrons. The van der Waals surface area contributed by atoms with Crippen LogP contribution in [0.5, 0.6) is 11.5 Å². The van der Waals surface area contributed by atoms with Gasteiger partial charge in [-0.05, 0) is 36.4 Å². The van der Waals surface area contributed by atoms with E-state index < -0.39 is 0 Å². The van der Waals surface area contributed by atoms with Crippen LogP contribution < -0.4 is 10.5 Å². The molecule has 2 aromatic carbocycles. The number of hydrogen-bond acceptors (Lipinski definition) is 3. The van der Waals surface area contributed by atoms with Crippen molar-refractivity contribution in [3.05, 3.63) is 65.3 Å². The SMILES string of the molecule is N=C(N)c1ccc(Cl)cc1Oc1cccc2ncccc12. The molecule has 0 amide bonds. The molecular weight excluding hydrogens is 286 g/mol. The second-order valence-electron chi connectivity index (χ2n) is 4.48. The van der Waals surface area contributed by atoms with Crippen LogP contribution in [0.25, 0.3) is 10.9 Å². The number of nitrogens with two attached hydrogens (primary N) is 1. The Morgan fingerprint density at radius 3 is 2.76 bits per heavy atom. The van der Waals surface area contributed by atoms with E-state index >= 15 is 0 Å². The standard InChI is InChI=1S/C16H12ClN3O/c17-10-6-7-12(16(18)19)15(9-10)21-14-5-1-4-13-11(14)3-2-8-20-13/h1-9H,(H3,18,19). The first kappa shape index (κ1) is 13.4. The summed E-state index contributed by atoms with van der Waals surface area (Å²) in [5, 5.41) is 9.02. The van der Waals surface area contributed by atoms with Crippen LogP contribution in [0.4, 0.5) is 0 Å². The zero-order chi connectivity index (χ0) is 14.8. The van der Waals surface area contributed by atoms with Gasteiger partial charge in [-0.15, -0.1) is 0 Å². The Balaban J connectivity index is 2.11. The van der Waals surface area contributed by atoms with Crippen molar-refractivity contribution in [2.24, 2.45) is 5.73 Å². The lowest BCUT2D eigenvalue weighted by Crippen LogP contribution is -2.12. The van der Waals surface area contributed by atoms with Crippen LogP contribution in [0, 0.1) is 5.41 Å². The summed E-state index contributed by atoms with van der Waals surface area (Å²) < 4.78 is 5.92. The third-order valence-electron chi connectivity index (χ3n) is 3.06. The first-order valence-corrected chi connectivity index (χ1v) is 6.68. The maximum Gasteiger partial charge on any atom is 0.139 e. The molecule has 4 nitrogen and oxygen atoms in total. The molecule has 0 aliphatic rings. The Hall–Kier alpha value is -2.59. The molecule has 0 saturated carbocycles. The van der Waals surface area contributed by atoms with E-state index in [4.69, 9.17) is 27.5 Å². The van der Waals surface area contributed by atoms with Gasteiger partial charge < -0.3 is 10.5 Å². The quantitative estimate of drug-likeness (QED) is 0.567. The van der Waals surface area contributed by atoms with Gasteiger partial charge in [0.05, 0.1) is 11.1 Å². The minimum atomic E-state index is -0.0694. The largest absolute Gasteiger partial charge is 0.456 e. The van der Waals surface area contributed by atoms with Crippen molar-refractivity contribution in [3.8, 4) is 11.5 Å². The second kappa shape index (κ2) is 5.42. The van der Waals surface area contributed by atoms with Gasteiger partial charge in [0.25, 0.3) is 0 Å². The molecule has 3 rings (SSSR count). The predicted molar refractivity (Wildman–Crippen MR) is 84.3 cm³/mol. The first-order chi connectivity index (χ1) is 10.1. The van der Waals surface area contributed by atoms with Crippen molar-refractivity contribution < 1.29 is 4.74 Å². The first-order valence-electron chi connectivity index (χ1n) is 6.31. The fraction of sp³-hybridized carbons (Fsp3) is 0. The number of nitrogens with zero attached hydrogens (tertiary/aromatic N) is 1. The van der Waals surface area contributed by atoms with Crippen LogP contribution in [-0.2, 0) is 0 Å². The highest BCUT2D eigenvalue weighted by atomic mass is 35.5. The molecule has 0 radical (unpaired) electrons. The van der Waals surface area contributed by atoms with Crippen LogP contribution in [0.3, 0.4) is 0 Å². The van der Waals surface area contributed by atoms with Crippen LogP contribution in [0.2, 0.25) is 5.02 Å². The van der Waals surface area contributed by atoms with E-state index in [9.17, 15) is 0 Å². The van der Waals surface area contributed by atoms with Gasteiger partial charge in [0, 0.05) is 22.7 Å². The van der Waals surface area contributed by atoms with Gasteiger partial charge >= 0.3 is 0 Å². The van der Waals surface area contributed by atoms with Gasteiger partial charge in [0.2, 0.25) is 0 Å². The van der Waals surface area contributed by atoms with Crippen LogP contribution in [0.15, 0.2) is 54.7 Å². The topological polar surface area (TPSA) is 72.0 Å². The van der Waals surface area contributed by atoms with Gasteiger partial charge in [0.1, 0.15) is 17.3 Å². The number of hydrogen-bond donors (Lipinski definition) is 2. The van der Waals surface area contributed by atoms with Crippen LogP contribution >= 0.6 is 11.6 Å². The molecule has 3 N–H and O–H groups in total. The third kappa shape index (κ3) is 2.66. The van der Waals surface area contributed by atoms with E-state index in [0.717, 1.165) is 10.9 Å². The molecule has 5 heteroatoms. The summed E-state index contributed by atoms with van der Waals surface area (Å²) in [6, 6.07) is 14.4. The highest BCUT2D eigenvalue weighted by Gasteiger charge is 2.10. The number of fused-ring (bicyclic) bond motifs is 1. The summed E-state index contributed by atoms with van der Waals surface area (Å²) in [5.41, 5.74) is 6.91. The molecule has 0 atom stereocenters. The number of ether oxygens (including phenoxy) is 1.